The average Bonchev–Trinajstić information content (AvgIpc) is 2.99. The Labute approximate surface area is 143 Å². The summed E-state index contributed by atoms with van der Waals surface area (Å²) >= 11 is 0. The molecule has 0 spiro atoms. The zero-order valence-corrected chi connectivity index (χ0v) is 13.3. The first kappa shape index (κ1) is 17.4. The van der Waals surface area contributed by atoms with Crippen LogP contribution >= 0.6 is 0 Å². The Morgan fingerprint density at radius 1 is 1.04 bits per heavy atom. The topological polar surface area (TPSA) is 46.4 Å². The quantitative estimate of drug-likeness (QED) is 0.620. The first-order valence-corrected chi connectivity index (χ1v) is 7.91. The molecule has 2 atom stereocenters. The molecule has 25 heavy (non-hydrogen) atoms. The lowest BCUT2D eigenvalue weighted by atomic mass is 9.94. The second-order valence-electron chi connectivity index (χ2n) is 6.26. The van der Waals surface area contributed by atoms with E-state index in [0.29, 0.717) is 18.7 Å². The van der Waals surface area contributed by atoms with Gasteiger partial charge < -0.3 is 0 Å². The normalized spacial score (nSPS) is 21.4. The van der Waals surface area contributed by atoms with Crippen molar-refractivity contribution in [2.45, 2.75) is 24.7 Å². The van der Waals surface area contributed by atoms with Crippen LogP contribution in [0.5, 0.6) is 0 Å². The summed E-state index contributed by atoms with van der Waals surface area (Å²) in [7, 11) is 0. The van der Waals surface area contributed by atoms with E-state index in [1.54, 1.807) is 0 Å². The fraction of sp³-hybridized carbons (Fsp3) is 0.333. The van der Waals surface area contributed by atoms with Crippen molar-refractivity contribution in [1.82, 2.24) is 4.90 Å². The van der Waals surface area contributed by atoms with E-state index in [1.165, 1.54) is 12.1 Å². The van der Waals surface area contributed by atoms with Gasteiger partial charge in [0.25, 0.3) is 0 Å². The number of nitrogens with zero attached hydrogens (tertiary/aromatic N) is 2. The SMILES string of the molecule is O=[N+]([O-])C1CN(Cc2ccccc2)CC1c1ccc(C(F)(F)F)cc1. The molecule has 1 aliphatic heterocycles. The van der Waals surface area contributed by atoms with Crippen LogP contribution in [0.15, 0.2) is 54.6 Å². The summed E-state index contributed by atoms with van der Waals surface area (Å²) in [5.74, 6) is -0.416. The van der Waals surface area contributed by atoms with Gasteiger partial charge in [-0.1, -0.05) is 42.5 Å². The van der Waals surface area contributed by atoms with Crippen LogP contribution in [0.3, 0.4) is 0 Å². The zero-order chi connectivity index (χ0) is 18.0. The van der Waals surface area contributed by atoms with Gasteiger partial charge in [0.1, 0.15) is 0 Å². The minimum absolute atomic E-state index is 0.285. The van der Waals surface area contributed by atoms with Gasteiger partial charge in [-0.05, 0) is 23.3 Å². The lowest BCUT2D eigenvalue weighted by Gasteiger charge is -2.15. The minimum Gasteiger partial charge on any atom is -0.292 e. The van der Waals surface area contributed by atoms with Crippen LogP contribution in [0.25, 0.3) is 0 Å². The molecule has 0 aromatic heterocycles. The molecule has 4 nitrogen and oxygen atoms in total. The maximum Gasteiger partial charge on any atom is 0.416 e. The van der Waals surface area contributed by atoms with Crippen molar-refractivity contribution in [1.29, 1.82) is 0 Å². The van der Waals surface area contributed by atoms with Gasteiger partial charge in [0, 0.05) is 18.0 Å². The number of halogens is 3. The smallest absolute Gasteiger partial charge is 0.292 e. The Morgan fingerprint density at radius 2 is 1.68 bits per heavy atom. The second-order valence-corrected chi connectivity index (χ2v) is 6.26. The monoisotopic (exact) mass is 350 g/mol. The second kappa shape index (κ2) is 6.84. The molecule has 0 saturated carbocycles. The number of alkyl halides is 3. The van der Waals surface area contributed by atoms with Gasteiger partial charge in [-0.3, -0.25) is 15.0 Å². The fourth-order valence-electron chi connectivity index (χ4n) is 3.30. The van der Waals surface area contributed by atoms with Crippen LogP contribution in [-0.2, 0) is 12.7 Å². The number of nitro groups is 1. The molecule has 7 heteroatoms. The van der Waals surface area contributed by atoms with Crippen LogP contribution in [0.4, 0.5) is 13.2 Å². The van der Waals surface area contributed by atoms with Gasteiger partial charge in [-0.25, -0.2) is 0 Å². The van der Waals surface area contributed by atoms with Gasteiger partial charge in [0.05, 0.1) is 18.0 Å². The molecule has 0 radical (unpaired) electrons. The number of hydrogen-bond acceptors (Lipinski definition) is 3. The molecule has 1 saturated heterocycles. The molecule has 0 N–H and O–H groups in total. The van der Waals surface area contributed by atoms with E-state index >= 15 is 0 Å². The zero-order valence-electron chi connectivity index (χ0n) is 13.3. The first-order valence-electron chi connectivity index (χ1n) is 7.91. The van der Waals surface area contributed by atoms with E-state index < -0.39 is 23.7 Å². The lowest BCUT2D eigenvalue weighted by molar-refractivity contribution is -0.521. The molecule has 0 aliphatic carbocycles. The molecule has 1 aliphatic rings. The molecule has 0 bridgehead atoms. The Balaban J connectivity index is 1.78. The summed E-state index contributed by atoms with van der Waals surface area (Å²) < 4.78 is 38.1. The van der Waals surface area contributed by atoms with E-state index in [0.717, 1.165) is 17.7 Å². The molecular weight excluding hydrogens is 333 g/mol. The molecule has 3 rings (SSSR count). The highest BCUT2D eigenvalue weighted by molar-refractivity contribution is 5.29. The Bertz CT molecular complexity index is 732. The third-order valence-electron chi connectivity index (χ3n) is 4.55. The molecule has 1 heterocycles. The third kappa shape index (κ3) is 3.99. The number of likely N-dealkylation sites (tertiary alicyclic amines) is 1. The molecule has 132 valence electrons. The van der Waals surface area contributed by atoms with Crippen molar-refractivity contribution >= 4 is 0 Å². The van der Waals surface area contributed by atoms with Gasteiger partial charge in [-0.15, -0.1) is 0 Å². The van der Waals surface area contributed by atoms with Crippen LogP contribution in [0.1, 0.15) is 22.6 Å². The summed E-state index contributed by atoms with van der Waals surface area (Å²) in [5.41, 5.74) is 0.885. The van der Waals surface area contributed by atoms with Gasteiger partial charge >= 0.3 is 6.18 Å². The molecule has 0 amide bonds. The molecule has 2 unspecified atom stereocenters. The summed E-state index contributed by atoms with van der Waals surface area (Å²) in [5, 5.41) is 11.4. The summed E-state index contributed by atoms with van der Waals surface area (Å²) in [6.07, 6.45) is -4.41. The van der Waals surface area contributed by atoms with Crippen molar-refractivity contribution in [3.8, 4) is 0 Å². The van der Waals surface area contributed by atoms with Crippen LogP contribution < -0.4 is 0 Å². The highest BCUT2D eigenvalue weighted by Gasteiger charge is 2.42. The molecule has 2 aromatic rings. The standard InChI is InChI=1S/C18H17F3N2O2/c19-18(20,21)15-8-6-14(7-9-15)16-11-22(12-17(16)23(24)25)10-13-4-2-1-3-5-13/h1-9,16-17H,10-12H2. The first-order chi connectivity index (χ1) is 11.8. The predicted octanol–water partition coefficient (Wildman–Crippen LogP) is 3.95. The molecular formula is C18H17F3N2O2. The summed E-state index contributed by atoms with van der Waals surface area (Å²) in [6.45, 7) is 1.32. The maximum atomic E-state index is 12.7. The van der Waals surface area contributed by atoms with Gasteiger partial charge in [0.2, 0.25) is 6.04 Å². The average molecular weight is 350 g/mol. The van der Waals surface area contributed by atoms with E-state index in [4.69, 9.17) is 0 Å². The van der Waals surface area contributed by atoms with Crippen LogP contribution in [-0.4, -0.2) is 29.0 Å². The van der Waals surface area contributed by atoms with E-state index in [2.05, 4.69) is 0 Å². The Kier molecular flexibility index (Phi) is 4.76. The lowest BCUT2D eigenvalue weighted by Crippen LogP contribution is -2.28. The van der Waals surface area contributed by atoms with Crippen molar-refractivity contribution in [3.05, 3.63) is 81.4 Å². The van der Waals surface area contributed by atoms with E-state index in [9.17, 15) is 23.3 Å². The number of hydrogen-bond donors (Lipinski definition) is 0. The van der Waals surface area contributed by atoms with E-state index in [-0.39, 0.29) is 11.5 Å². The largest absolute Gasteiger partial charge is 0.416 e. The minimum atomic E-state index is -4.41. The molecule has 1 fully saturated rings. The summed E-state index contributed by atoms with van der Waals surface area (Å²) in [6, 6.07) is 13.5. The highest BCUT2D eigenvalue weighted by Crippen LogP contribution is 2.34. The van der Waals surface area contributed by atoms with Crippen molar-refractivity contribution in [3.63, 3.8) is 0 Å². The third-order valence-corrected chi connectivity index (χ3v) is 4.55. The highest BCUT2D eigenvalue weighted by atomic mass is 19.4. The predicted molar refractivity (Wildman–Crippen MR) is 86.7 cm³/mol. The van der Waals surface area contributed by atoms with Gasteiger partial charge in [0.15, 0.2) is 0 Å². The number of rotatable bonds is 4. The Hall–Kier alpha value is -2.41. The number of benzene rings is 2. The van der Waals surface area contributed by atoms with Crippen molar-refractivity contribution < 1.29 is 18.1 Å². The summed E-state index contributed by atoms with van der Waals surface area (Å²) in [4.78, 5) is 13.1. The van der Waals surface area contributed by atoms with Gasteiger partial charge in [-0.2, -0.15) is 13.2 Å². The molecule has 2 aromatic carbocycles. The van der Waals surface area contributed by atoms with Crippen LogP contribution in [0.2, 0.25) is 0 Å². The maximum absolute atomic E-state index is 12.7. The fourth-order valence-corrected chi connectivity index (χ4v) is 3.30. The Morgan fingerprint density at radius 3 is 2.24 bits per heavy atom. The van der Waals surface area contributed by atoms with Crippen molar-refractivity contribution in [2.75, 3.05) is 13.1 Å². The van der Waals surface area contributed by atoms with Crippen molar-refractivity contribution in [2.24, 2.45) is 0 Å². The van der Waals surface area contributed by atoms with E-state index in [1.807, 2.05) is 35.2 Å². The van der Waals surface area contributed by atoms with Crippen LogP contribution in [0, 0.1) is 10.1 Å².